The fourth-order valence-electron chi connectivity index (χ4n) is 3.96. The predicted molar refractivity (Wildman–Crippen MR) is 148 cm³/mol. The molecule has 0 aromatic heterocycles. The summed E-state index contributed by atoms with van der Waals surface area (Å²) in [5, 5.41) is 6.28. The molecular formula is C26H24Cl2N4O3S. The number of hydrogen-bond acceptors (Lipinski definition) is 5. The number of halogens is 2. The van der Waals surface area contributed by atoms with Gasteiger partial charge in [0.05, 0.1) is 17.7 Å². The average Bonchev–Trinajstić information content (AvgIpc) is 2.89. The number of nitrogens with zero attached hydrogens (tertiary/aromatic N) is 2. The molecule has 1 aliphatic heterocycles. The van der Waals surface area contributed by atoms with E-state index < -0.39 is 5.91 Å². The molecule has 4 rings (SSSR count). The summed E-state index contributed by atoms with van der Waals surface area (Å²) >= 11 is 17.4. The monoisotopic (exact) mass is 542 g/mol. The van der Waals surface area contributed by atoms with Gasteiger partial charge in [-0.2, -0.15) is 0 Å². The van der Waals surface area contributed by atoms with Crippen molar-refractivity contribution in [3.63, 3.8) is 0 Å². The lowest BCUT2D eigenvalue weighted by atomic mass is 10.1. The van der Waals surface area contributed by atoms with Crippen LogP contribution in [0.15, 0.2) is 66.7 Å². The summed E-state index contributed by atoms with van der Waals surface area (Å²) in [4.78, 5) is 29.5. The van der Waals surface area contributed by atoms with Crippen molar-refractivity contribution in [1.82, 2.24) is 10.2 Å². The SMILES string of the molecule is COc1c(Cl)cc(Cl)cc1C(=O)NC(=S)Nc1ccc(N2CCN(C(=O)c3ccccc3)CC2)cc1. The lowest BCUT2D eigenvalue weighted by Crippen LogP contribution is -2.48. The van der Waals surface area contributed by atoms with Crippen molar-refractivity contribution in [3.05, 3.63) is 87.9 Å². The fraction of sp³-hybridized carbons (Fsp3) is 0.192. The molecule has 186 valence electrons. The summed E-state index contributed by atoms with van der Waals surface area (Å²) in [7, 11) is 1.42. The minimum absolute atomic E-state index is 0.0584. The van der Waals surface area contributed by atoms with Crippen LogP contribution in [0.2, 0.25) is 10.0 Å². The van der Waals surface area contributed by atoms with Crippen molar-refractivity contribution in [1.29, 1.82) is 0 Å². The van der Waals surface area contributed by atoms with Gasteiger partial charge in [-0.1, -0.05) is 41.4 Å². The molecule has 1 heterocycles. The highest BCUT2D eigenvalue weighted by molar-refractivity contribution is 7.80. The molecule has 36 heavy (non-hydrogen) atoms. The first-order valence-electron chi connectivity index (χ1n) is 11.2. The molecule has 0 radical (unpaired) electrons. The second-order valence-electron chi connectivity index (χ2n) is 8.07. The Kier molecular flexibility index (Phi) is 8.30. The van der Waals surface area contributed by atoms with Crippen LogP contribution in [-0.2, 0) is 0 Å². The van der Waals surface area contributed by atoms with Crippen LogP contribution in [0.3, 0.4) is 0 Å². The number of methoxy groups -OCH3 is 1. The number of ether oxygens (including phenoxy) is 1. The second kappa shape index (κ2) is 11.6. The average molecular weight is 543 g/mol. The molecule has 7 nitrogen and oxygen atoms in total. The van der Waals surface area contributed by atoms with Crippen molar-refractivity contribution in [3.8, 4) is 5.75 Å². The van der Waals surface area contributed by atoms with Gasteiger partial charge >= 0.3 is 0 Å². The van der Waals surface area contributed by atoms with E-state index in [1.54, 1.807) is 0 Å². The number of rotatable bonds is 5. The van der Waals surface area contributed by atoms with Gasteiger partial charge in [0.1, 0.15) is 5.75 Å². The normalized spacial score (nSPS) is 13.2. The van der Waals surface area contributed by atoms with E-state index in [9.17, 15) is 9.59 Å². The number of nitrogens with one attached hydrogen (secondary N) is 2. The van der Waals surface area contributed by atoms with E-state index in [1.807, 2.05) is 59.5 Å². The first kappa shape index (κ1) is 25.8. The first-order chi connectivity index (χ1) is 17.4. The number of piperazine rings is 1. The summed E-state index contributed by atoms with van der Waals surface area (Å²) in [5.41, 5.74) is 2.65. The standard InChI is InChI=1S/C26H24Cl2N4O3S/c1-35-23-21(15-18(27)16-22(23)28)24(33)30-26(36)29-19-7-9-20(10-8-19)31-11-13-32(14-12-31)25(34)17-5-3-2-4-6-17/h2-10,15-16H,11-14H2,1H3,(H2,29,30,33,36). The Labute approximate surface area is 224 Å². The van der Waals surface area contributed by atoms with Crippen LogP contribution >= 0.6 is 35.4 Å². The van der Waals surface area contributed by atoms with Crippen LogP contribution < -0.4 is 20.3 Å². The number of benzene rings is 3. The molecule has 3 aromatic rings. The topological polar surface area (TPSA) is 73.9 Å². The Bertz CT molecular complexity index is 1260. The number of amides is 2. The number of carbonyl (C=O) groups is 2. The van der Waals surface area contributed by atoms with Gasteiger partial charge in [-0.3, -0.25) is 14.9 Å². The highest BCUT2D eigenvalue weighted by Crippen LogP contribution is 2.32. The molecule has 0 aliphatic carbocycles. The van der Waals surface area contributed by atoms with Crippen LogP contribution in [-0.4, -0.2) is 55.1 Å². The van der Waals surface area contributed by atoms with Gasteiger partial charge in [-0.25, -0.2) is 0 Å². The van der Waals surface area contributed by atoms with Crippen LogP contribution in [0.5, 0.6) is 5.75 Å². The van der Waals surface area contributed by atoms with Gasteiger partial charge in [0.2, 0.25) is 0 Å². The summed E-state index contributed by atoms with van der Waals surface area (Å²) in [6.45, 7) is 2.79. The molecule has 0 atom stereocenters. The largest absolute Gasteiger partial charge is 0.494 e. The maximum Gasteiger partial charge on any atom is 0.261 e. The second-order valence-corrected chi connectivity index (χ2v) is 9.32. The Hall–Kier alpha value is -3.33. The van der Waals surface area contributed by atoms with E-state index in [0.29, 0.717) is 23.7 Å². The number of hydrogen-bond donors (Lipinski definition) is 2. The minimum atomic E-state index is -0.492. The van der Waals surface area contributed by atoms with E-state index in [1.165, 1.54) is 19.2 Å². The number of carbonyl (C=O) groups excluding carboxylic acids is 2. The van der Waals surface area contributed by atoms with Gasteiger partial charge in [0.15, 0.2) is 5.11 Å². The molecular weight excluding hydrogens is 519 g/mol. The molecule has 1 fully saturated rings. The molecule has 2 amide bonds. The van der Waals surface area contributed by atoms with Gasteiger partial charge in [-0.05, 0) is 60.7 Å². The van der Waals surface area contributed by atoms with E-state index >= 15 is 0 Å². The number of anilines is 2. The number of thiocarbonyl (C=S) groups is 1. The lowest BCUT2D eigenvalue weighted by Gasteiger charge is -2.36. The van der Waals surface area contributed by atoms with Crippen LogP contribution in [0, 0.1) is 0 Å². The Balaban J connectivity index is 1.31. The molecule has 1 saturated heterocycles. The highest BCUT2D eigenvalue weighted by Gasteiger charge is 2.22. The highest BCUT2D eigenvalue weighted by atomic mass is 35.5. The molecule has 2 N–H and O–H groups in total. The molecule has 0 bridgehead atoms. The fourth-order valence-corrected chi connectivity index (χ4v) is 4.74. The summed E-state index contributed by atoms with van der Waals surface area (Å²) in [5.74, 6) is -0.215. The maximum absolute atomic E-state index is 12.7. The van der Waals surface area contributed by atoms with E-state index in [-0.39, 0.29) is 27.4 Å². The van der Waals surface area contributed by atoms with Gasteiger partial charge in [0.25, 0.3) is 11.8 Å². The molecule has 10 heteroatoms. The van der Waals surface area contributed by atoms with Crippen LogP contribution in [0.4, 0.5) is 11.4 Å². The molecule has 0 saturated carbocycles. The summed E-state index contributed by atoms with van der Waals surface area (Å²) < 4.78 is 5.22. The van der Waals surface area contributed by atoms with Crippen LogP contribution in [0.1, 0.15) is 20.7 Å². The first-order valence-corrected chi connectivity index (χ1v) is 12.4. The van der Waals surface area contributed by atoms with E-state index in [0.717, 1.165) is 24.5 Å². The Morgan fingerprint density at radius 2 is 1.61 bits per heavy atom. The van der Waals surface area contributed by atoms with Crippen molar-refractivity contribution in [2.45, 2.75) is 0 Å². The smallest absolute Gasteiger partial charge is 0.261 e. The maximum atomic E-state index is 12.7. The van der Waals surface area contributed by atoms with E-state index in [4.69, 9.17) is 40.2 Å². The predicted octanol–water partition coefficient (Wildman–Crippen LogP) is 5.09. The quantitative estimate of drug-likeness (QED) is 0.437. The zero-order valence-electron chi connectivity index (χ0n) is 19.5. The Morgan fingerprint density at radius 1 is 0.944 bits per heavy atom. The molecule has 3 aromatic carbocycles. The Morgan fingerprint density at radius 3 is 2.25 bits per heavy atom. The van der Waals surface area contributed by atoms with Gasteiger partial charge in [-0.15, -0.1) is 0 Å². The molecule has 1 aliphatic rings. The third-order valence-electron chi connectivity index (χ3n) is 5.76. The molecule has 0 unspecified atom stereocenters. The van der Waals surface area contributed by atoms with Gasteiger partial charge in [0, 0.05) is 48.1 Å². The third-order valence-corrected chi connectivity index (χ3v) is 6.47. The lowest BCUT2D eigenvalue weighted by molar-refractivity contribution is 0.0746. The van der Waals surface area contributed by atoms with Crippen molar-refractivity contribution >= 4 is 63.7 Å². The third kappa shape index (κ3) is 6.07. The zero-order valence-corrected chi connectivity index (χ0v) is 21.8. The van der Waals surface area contributed by atoms with Crippen molar-refractivity contribution in [2.24, 2.45) is 0 Å². The van der Waals surface area contributed by atoms with Crippen molar-refractivity contribution < 1.29 is 14.3 Å². The van der Waals surface area contributed by atoms with E-state index in [2.05, 4.69) is 15.5 Å². The van der Waals surface area contributed by atoms with Crippen LogP contribution in [0.25, 0.3) is 0 Å². The molecule has 0 spiro atoms. The minimum Gasteiger partial charge on any atom is -0.494 e. The van der Waals surface area contributed by atoms with Crippen molar-refractivity contribution in [2.75, 3.05) is 43.5 Å². The zero-order chi connectivity index (χ0) is 25.7. The van der Waals surface area contributed by atoms with Gasteiger partial charge < -0.3 is 19.9 Å². The summed E-state index contributed by atoms with van der Waals surface area (Å²) in [6, 6.07) is 20.0. The summed E-state index contributed by atoms with van der Waals surface area (Å²) in [6.07, 6.45) is 0.